The Labute approximate surface area is 142 Å². The van der Waals surface area contributed by atoms with Gasteiger partial charge in [-0.25, -0.2) is 0 Å². The van der Waals surface area contributed by atoms with E-state index in [2.05, 4.69) is 27.2 Å². The van der Waals surface area contributed by atoms with Gasteiger partial charge in [-0.05, 0) is 17.5 Å². The summed E-state index contributed by atoms with van der Waals surface area (Å²) in [6, 6.07) is 8.21. The van der Waals surface area contributed by atoms with Gasteiger partial charge in [0.1, 0.15) is 0 Å². The Morgan fingerprint density at radius 2 is 2.04 bits per heavy atom. The van der Waals surface area contributed by atoms with Crippen LogP contribution in [0.4, 0.5) is 0 Å². The van der Waals surface area contributed by atoms with Crippen LogP contribution in [0.15, 0.2) is 28.8 Å². The summed E-state index contributed by atoms with van der Waals surface area (Å²) in [5.41, 5.74) is 2.16. The van der Waals surface area contributed by atoms with Gasteiger partial charge in [0.25, 0.3) is 0 Å². The smallest absolute Gasteiger partial charge is 0.229 e. The van der Waals surface area contributed by atoms with Crippen molar-refractivity contribution >= 4 is 0 Å². The van der Waals surface area contributed by atoms with Gasteiger partial charge in [-0.3, -0.25) is 4.90 Å². The number of ether oxygens (including phenoxy) is 1. The maximum Gasteiger partial charge on any atom is 0.229 e. The van der Waals surface area contributed by atoms with Crippen LogP contribution in [0.25, 0.3) is 11.4 Å². The van der Waals surface area contributed by atoms with E-state index in [9.17, 15) is 5.11 Å². The topological polar surface area (TPSA) is 71.6 Å². The molecule has 0 aliphatic carbocycles. The van der Waals surface area contributed by atoms with Crippen molar-refractivity contribution in [3.8, 4) is 11.4 Å². The van der Waals surface area contributed by atoms with E-state index in [1.54, 1.807) is 0 Å². The summed E-state index contributed by atoms with van der Waals surface area (Å²) in [4.78, 5) is 6.80. The van der Waals surface area contributed by atoms with Crippen LogP contribution in [-0.4, -0.2) is 52.6 Å². The quantitative estimate of drug-likeness (QED) is 0.874. The molecule has 1 aliphatic heterocycles. The van der Waals surface area contributed by atoms with Crippen molar-refractivity contribution < 1.29 is 14.4 Å². The number of rotatable bonds is 6. The average Bonchev–Trinajstić information content (AvgIpc) is 3.04. The maximum absolute atomic E-state index is 9.94. The summed E-state index contributed by atoms with van der Waals surface area (Å²) in [5.74, 6) is 1.21. The Morgan fingerprint density at radius 3 is 2.79 bits per heavy atom. The van der Waals surface area contributed by atoms with Crippen LogP contribution < -0.4 is 0 Å². The van der Waals surface area contributed by atoms with Crippen LogP contribution in [0.3, 0.4) is 0 Å². The average molecular weight is 331 g/mol. The van der Waals surface area contributed by atoms with E-state index < -0.39 is 6.10 Å². The van der Waals surface area contributed by atoms with Gasteiger partial charge in [-0.15, -0.1) is 0 Å². The molecule has 130 valence electrons. The summed E-state index contributed by atoms with van der Waals surface area (Å²) < 4.78 is 10.7. The van der Waals surface area contributed by atoms with Crippen molar-refractivity contribution in [3.05, 3.63) is 35.7 Å². The molecule has 24 heavy (non-hydrogen) atoms. The van der Waals surface area contributed by atoms with Gasteiger partial charge in [0.15, 0.2) is 0 Å². The van der Waals surface area contributed by atoms with Crippen molar-refractivity contribution in [1.82, 2.24) is 15.0 Å². The van der Waals surface area contributed by atoms with Gasteiger partial charge in [-0.2, -0.15) is 4.98 Å². The minimum absolute atomic E-state index is 0.164. The molecule has 1 N–H and O–H groups in total. The van der Waals surface area contributed by atoms with Crippen molar-refractivity contribution in [2.45, 2.75) is 32.9 Å². The van der Waals surface area contributed by atoms with E-state index in [1.165, 1.54) is 5.56 Å². The first-order chi connectivity index (χ1) is 11.6. The van der Waals surface area contributed by atoms with E-state index in [1.807, 2.05) is 26.0 Å². The van der Waals surface area contributed by atoms with Gasteiger partial charge in [0.05, 0.1) is 25.7 Å². The SMILES string of the molecule is CC(C)C(O)Cc1nc(-c2cccc(CN3CCOCC3)c2)no1. The molecular formula is C18H25N3O3. The predicted molar refractivity (Wildman–Crippen MR) is 90.4 cm³/mol. The number of aromatic nitrogens is 2. The zero-order valence-electron chi connectivity index (χ0n) is 14.3. The number of hydrogen-bond donors (Lipinski definition) is 1. The number of morpholine rings is 1. The van der Waals surface area contributed by atoms with Gasteiger partial charge in [0, 0.05) is 25.2 Å². The highest BCUT2D eigenvalue weighted by atomic mass is 16.5. The predicted octanol–water partition coefficient (Wildman–Crippen LogP) is 2.13. The summed E-state index contributed by atoms with van der Waals surface area (Å²) in [5, 5.41) is 14.0. The lowest BCUT2D eigenvalue weighted by molar-refractivity contribution is 0.0342. The van der Waals surface area contributed by atoms with Crippen LogP contribution in [0.5, 0.6) is 0 Å². The van der Waals surface area contributed by atoms with E-state index in [0.29, 0.717) is 18.1 Å². The third-order valence-corrected chi connectivity index (χ3v) is 4.32. The second-order valence-electron chi connectivity index (χ2n) is 6.62. The van der Waals surface area contributed by atoms with E-state index >= 15 is 0 Å². The van der Waals surface area contributed by atoms with E-state index in [-0.39, 0.29) is 5.92 Å². The van der Waals surface area contributed by atoms with Gasteiger partial charge >= 0.3 is 0 Å². The molecule has 2 heterocycles. The summed E-state index contributed by atoms with van der Waals surface area (Å²) in [6.45, 7) is 8.35. The first-order valence-corrected chi connectivity index (χ1v) is 8.52. The molecule has 6 nitrogen and oxygen atoms in total. The van der Waals surface area contributed by atoms with Crippen LogP contribution in [-0.2, 0) is 17.7 Å². The molecule has 0 radical (unpaired) electrons. The molecule has 3 rings (SSSR count). The van der Waals surface area contributed by atoms with Gasteiger partial charge in [-0.1, -0.05) is 37.2 Å². The molecular weight excluding hydrogens is 306 g/mol. The number of aliphatic hydroxyl groups excluding tert-OH is 1. The van der Waals surface area contributed by atoms with E-state index in [0.717, 1.165) is 38.4 Å². The maximum atomic E-state index is 9.94. The molecule has 0 bridgehead atoms. The number of benzene rings is 1. The number of aliphatic hydroxyl groups is 1. The molecule has 0 amide bonds. The molecule has 1 unspecified atom stereocenters. The van der Waals surface area contributed by atoms with Crippen molar-refractivity contribution in [3.63, 3.8) is 0 Å². The fourth-order valence-electron chi connectivity index (χ4n) is 2.70. The summed E-state index contributed by atoms with van der Waals surface area (Å²) >= 11 is 0. The first kappa shape index (κ1) is 17.1. The summed E-state index contributed by atoms with van der Waals surface area (Å²) in [7, 11) is 0. The highest BCUT2D eigenvalue weighted by Crippen LogP contribution is 2.19. The highest BCUT2D eigenvalue weighted by Gasteiger charge is 2.16. The van der Waals surface area contributed by atoms with Crippen LogP contribution in [0.1, 0.15) is 25.3 Å². The van der Waals surface area contributed by atoms with Crippen molar-refractivity contribution in [2.75, 3.05) is 26.3 Å². The lowest BCUT2D eigenvalue weighted by Crippen LogP contribution is -2.35. The lowest BCUT2D eigenvalue weighted by Gasteiger charge is -2.26. The second-order valence-corrected chi connectivity index (χ2v) is 6.62. The Kier molecular flexibility index (Phi) is 5.60. The Hall–Kier alpha value is -1.76. The zero-order chi connectivity index (χ0) is 16.9. The summed E-state index contributed by atoms with van der Waals surface area (Å²) in [6.07, 6.45) is -0.0797. The first-order valence-electron chi connectivity index (χ1n) is 8.52. The van der Waals surface area contributed by atoms with Crippen LogP contribution in [0.2, 0.25) is 0 Å². The Balaban J connectivity index is 1.68. The lowest BCUT2D eigenvalue weighted by atomic mass is 10.0. The van der Waals surface area contributed by atoms with Crippen molar-refractivity contribution in [1.29, 1.82) is 0 Å². The minimum atomic E-state index is -0.467. The largest absolute Gasteiger partial charge is 0.392 e. The van der Waals surface area contributed by atoms with Crippen LogP contribution >= 0.6 is 0 Å². The molecule has 1 fully saturated rings. The molecule has 1 aliphatic rings. The number of hydrogen-bond acceptors (Lipinski definition) is 6. The molecule has 1 saturated heterocycles. The fraction of sp³-hybridized carbons (Fsp3) is 0.556. The molecule has 6 heteroatoms. The molecule has 0 spiro atoms. The normalized spacial score (nSPS) is 17.3. The van der Waals surface area contributed by atoms with Crippen LogP contribution in [0, 0.1) is 5.92 Å². The Morgan fingerprint density at radius 1 is 1.25 bits per heavy atom. The molecule has 1 aromatic heterocycles. The third-order valence-electron chi connectivity index (χ3n) is 4.32. The second kappa shape index (κ2) is 7.88. The minimum Gasteiger partial charge on any atom is -0.392 e. The third kappa shape index (κ3) is 4.41. The zero-order valence-corrected chi connectivity index (χ0v) is 14.3. The van der Waals surface area contributed by atoms with Gasteiger partial charge < -0.3 is 14.4 Å². The fourth-order valence-corrected chi connectivity index (χ4v) is 2.70. The van der Waals surface area contributed by atoms with Gasteiger partial charge in [0.2, 0.25) is 11.7 Å². The Bertz CT molecular complexity index is 650. The monoisotopic (exact) mass is 331 g/mol. The molecule has 1 aromatic carbocycles. The standard InChI is InChI=1S/C18H25N3O3/c1-13(2)16(22)11-17-19-18(20-24-17)15-5-3-4-14(10-15)12-21-6-8-23-9-7-21/h3-5,10,13,16,22H,6-9,11-12H2,1-2H3. The highest BCUT2D eigenvalue weighted by molar-refractivity contribution is 5.55. The van der Waals surface area contributed by atoms with E-state index in [4.69, 9.17) is 9.26 Å². The molecule has 2 aromatic rings. The molecule has 0 saturated carbocycles. The number of nitrogens with zero attached hydrogens (tertiary/aromatic N) is 3. The molecule has 1 atom stereocenters. The van der Waals surface area contributed by atoms with Crippen molar-refractivity contribution in [2.24, 2.45) is 5.92 Å².